The van der Waals surface area contributed by atoms with Gasteiger partial charge < -0.3 is 16.0 Å². The Hall–Kier alpha value is -1.10. The maximum Gasteiger partial charge on any atom is 0.241 e. The number of hydrogen-bond donors (Lipinski definition) is 2. The standard InChI is InChI=1S/C12H21N3O2/c13-11(16)10-8-14-6-7-15(10)12(17)9-4-2-1-3-5-9/h9-10,14H,1-8H2,(H2,13,16)/t10-/m1/s1. The Bertz CT molecular complexity index is 300. The van der Waals surface area contributed by atoms with Gasteiger partial charge in [-0.25, -0.2) is 0 Å². The SMILES string of the molecule is NC(=O)[C@H]1CNCCN1C(=O)C1CCCCC1. The van der Waals surface area contributed by atoms with Crippen LogP contribution in [0.2, 0.25) is 0 Å². The highest BCUT2D eigenvalue weighted by Gasteiger charge is 2.34. The first-order valence-electron chi connectivity index (χ1n) is 6.50. The molecular weight excluding hydrogens is 218 g/mol. The van der Waals surface area contributed by atoms with Crippen molar-refractivity contribution in [3.63, 3.8) is 0 Å². The molecule has 5 nitrogen and oxygen atoms in total. The summed E-state index contributed by atoms with van der Waals surface area (Å²) in [6.07, 6.45) is 5.42. The van der Waals surface area contributed by atoms with Crippen molar-refractivity contribution in [1.82, 2.24) is 10.2 Å². The molecule has 2 rings (SSSR count). The normalized spacial score (nSPS) is 26.8. The average molecular weight is 239 g/mol. The summed E-state index contributed by atoms with van der Waals surface area (Å²) >= 11 is 0. The van der Waals surface area contributed by atoms with E-state index in [0.29, 0.717) is 13.1 Å². The highest BCUT2D eigenvalue weighted by Crippen LogP contribution is 2.26. The fourth-order valence-corrected chi connectivity index (χ4v) is 2.81. The zero-order chi connectivity index (χ0) is 12.3. The Labute approximate surface area is 102 Å². The molecule has 0 aromatic carbocycles. The zero-order valence-corrected chi connectivity index (χ0v) is 10.2. The van der Waals surface area contributed by atoms with E-state index in [9.17, 15) is 9.59 Å². The molecular formula is C12H21N3O2. The lowest BCUT2D eigenvalue weighted by molar-refractivity contribution is -0.144. The second-order valence-electron chi connectivity index (χ2n) is 4.99. The first kappa shape index (κ1) is 12.4. The predicted molar refractivity (Wildman–Crippen MR) is 64.1 cm³/mol. The van der Waals surface area contributed by atoms with E-state index in [1.165, 1.54) is 6.42 Å². The lowest BCUT2D eigenvalue weighted by atomic mass is 9.87. The van der Waals surface area contributed by atoms with E-state index in [1.54, 1.807) is 4.90 Å². The van der Waals surface area contributed by atoms with Crippen molar-refractivity contribution < 1.29 is 9.59 Å². The first-order valence-corrected chi connectivity index (χ1v) is 6.50. The number of hydrogen-bond acceptors (Lipinski definition) is 3. The summed E-state index contributed by atoms with van der Waals surface area (Å²) in [4.78, 5) is 25.4. The lowest BCUT2D eigenvalue weighted by Crippen LogP contribution is -2.59. The molecule has 2 aliphatic rings. The molecule has 2 amide bonds. The molecule has 1 saturated carbocycles. The van der Waals surface area contributed by atoms with E-state index in [1.807, 2.05) is 0 Å². The number of nitrogens with zero attached hydrogens (tertiary/aromatic N) is 1. The first-order chi connectivity index (χ1) is 8.20. The minimum atomic E-state index is -0.460. The van der Waals surface area contributed by atoms with Crippen molar-refractivity contribution in [2.75, 3.05) is 19.6 Å². The monoisotopic (exact) mass is 239 g/mol. The molecule has 96 valence electrons. The van der Waals surface area contributed by atoms with Crippen molar-refractivity contribution in [2.24, 2.45) is 11.7 Å². The lowest BCUT2D eigenvalue weighted by Gasteiger charge is -2.37. The van der Waals surface area contributed by atoms with Crippen LogP contribution in [0.25, 0.3) is 0 Å². The van der Waals surface area contributed by atoms with Gasteiger partial charge in [-0.2, -0.15) is 0 Å². The van der Waals surface area contributed by atoms with Crippen LogP contribution >= 0.6 is 0 Å². The van der Waals surface area contributed by atoms with Gasteiger partial charge in [0.15, 0.2) is 0 Å². The Morgan fingerprint density at radius 2 is 1.88 bits per heavy atom. The predicted octanol–water partition coefficient (Wildman–Crippen LogP) is -0.148. The van der Waals surface area contributed by atoms with Gasteiger partial charge in [-0.3, -0.25) is 9.59 Å². The molecule has 0 radical (unpaired) electrons. The van der Waals surface area contributed by atoms with Crippen LogP contribution in [0.4, 0.5) is 0 Å². The van der Waals surface area contributed by atoms with Crippen LogP contribution in [-0.2, 0) is 9.59 Å². The van der Waals surface area contributed by atoms with Crippen LogP contribution in [0.5, 0.6) is 0 Å². The van der Waals surface area contributed by atoms with E-state index in [-0.39, 0.29) is 11.8 Å². The van der Waals surface area contributed by atoms with Crippen LogP contribution in [-0.4, -0.2) is 42.4 Å². The molecule has 3 N–H and O–H groups in total. The van der Waals surface area contributed by atoms with E-state index >= 15 is 0 Å². The highest BCUT2D eigenvalue weighted by atomic mass is 16.2. The Balaban J connectivity index is 2.02. The maximum absolute atomic E-state index is 12.4. The summed E-state index contributed by atoms with van der Waals surface area (Å²) in [5, 5.41) is 3.11. The van der Waals surface area contributed by atoms with Crippen molar-refractivity contribution in [3.05, 3.63) is 0 Å². The number of rotatable bonds is 2. The van der Waals surface area contributed by atoms with Gasteiger partial charge in [-0.1, -0.05) is 19.3 Å². The molecule has 1 atom stereocenters. The number of carbonyl (C=O) groups excluding carboxylic acids is 2. The molecule has 0 bridgehead atoms. The van der Waals surface area contributed by atoms with Gasteiger partial charge in [-0.05, 0) is 12.8 Å². The van der Waals surface area contributed by atoms with Gasteiger partial charge in [0.1, 0.15) is 6.04 Å². The van der Waals surface area contributed by atoms with Gasteiger partial charge in [0.2, 0.25) is 11.8 Å². The van der Waals surface area contributed by atoms with E-state index in [0.717, 1.165) is 32.2 Å². The fraction of sp³-hybridized carbons (Fsp3) is 0.833. The van der Waals surface area contributed by atoms with Crippen molar-refractivity contribution >= 4 is 11.8 Å². The molecule has 1 aliphatic carbocycles. The van der Waals surface area contributed by atoms with Gasteiger partial charge in [-0.15, -0.1) is 0 Å². The van der Waals surface area contributed by atoms with E-state index in [2.05, 4.69) is 5.32 Å². The molecule has 0 aromatic rings. The Morgan fingerprint density at radius 1 is 1.18 bits per heavy atom. The Morgan fingerprint density at radius 3 is 2.53 bits per heavy atom. The smallest absolute Gasteiger partial charge is 0.241 e. The fourth-order valence-electron chi connectivity index (χ4n) is 2.81. The van der Waals surface area contributed by atoms with Gasteiger partial charge >= 0.3 is 0 Å². The average Bonchev–Trinajstić information content (AvgIpc) is 2.39. The van der Waals surface area contributed by atoms with Crippen molar-refractivity contribution in [1.29, 1.82) is 0 Å². The van der Waals surface area contributed by atoms with Gasteiger partial charge in [0.25, 0.3) is 0 Å². The summed E-state index contributed by atoms with van der Waals surface area (Å²) < 4.78 is 0. The topological polar surface area (TPSA) is 75.4 Å². The summed E-state index contributed by atoms with van der Waals surface area (Å²) in [5.41, 5.74) is 5.35. The largest absolute Gasteiger partial charge is 0.368 e. The van der Waals surface area contributed by atoms with Crippen molar-refractivity contribution in [2.45, 2.75) is 38.1 Å². The summed E-state index contributed by atoms with van der Waals surface area (Å²) in [6, 6.07) is -0.460. The minimum absolute atomic E-state index is 0.115. The Kier molecular flexibility index (Phi) is 3.99. The number of piperazine rings is 1. The van der Waals surface area contributed by atoms with Crippen LogP contribution < -0.4 is 11.1 Å². The number of nitrogens with one attached hydrogen (secondary N) is 1. The molecule has 1 heterocycles. The van der Waals surface area contributed by atoms with Crippen LogP contribution in [0.15, 0.2) is 0 Å². The molecule has 1 aliphatic heterocycles. The number of nitrogens with two attached hydrogens (primary N) is 1. The third-order valence-electron chi connectivity index (χ3n) is 3.81. The van der Waals surface area contributed by atoms with Crippen molar-refractivity contribution in [3.8, 4) is 0 Å². The summed E-state index contributed by atoms with van der Waals surface area (Å²) in [7, 11) is 0. The molecule has 5 heteroatoms. The molecule has 17 heavy (non-hydrogen) atoms. The molecule has 0 spiro atoms. The highest BCUT2D eigenvalue weighted by molar-refractivity contribution is 5.88. The summed E-state index contributed by atoms with van der Waals surface area (Å²) in [5.74, 6) is -0.153. The third-order valence-corrected chi connectivity index (χ3v) is 3.81. The zero-order valence-electron chi connectivity index (χ0n) is 10.2. The second-order valence-corrected chi connectivity index (χ2v) is 4.99. The van der Waals surface area contributed by atoms with Crippen LogP contribution in [0, 0.1) is 5.92 Å². The van der Waals surface area contributed by atoms with Crippen LogP contribution in [0.3, 0.4) is 0 Å². The number of primary amides is 1. The number of amides is 2. The van der Waals surface area contributed by atoms with Gasteiger partial charge in [0, 0.05) is 25.6 Å². The maximum atomic E-state index is 12.4. The summed E-state index contributed by atoms with van der Waals surface area (Å²) in [6.45, 7) is 1.85. The third kappa shape index (κ3) is 2.77. The number of carbonyl (C=O) groups is 2. The molecule has 0 unspecified atom stereocenters. The second kappa shape index (κ2) is 5.49. The van der Waals surface area contributed by atoms with E-state index in [4.69, 9.17) is 5.73 Å². The molecule has 0 aromatic heterocycles. The molecule has 2 fully saturated rings. The quantitative estimate of drug-likeness (QED) is 0.704. The molecule has 1 saturated heterocycles. The van der Waals surface area contributed by atoms with Crippen LogP contribution in [0.1, 0.15) is 32.1 Å². The van der Waals surface area contributed by atoms with Gasteiger partial charge in [0.05, 0.1) is 0 Å². The minimum Gasteiger partial charge on any atom is -0.368 e. The van der Waals surface area contributed by atoms with E-state index < -0.39 is 11.9 Å².